The maximum Gasteiger partial charge on any atom is 0.337 e. The molecule has 3 aliphatic rings. The van der Waals surface area contributed by atoms with E-state index in [1.807, 2.05) is 66.9 Å². The Morgan fingerprint density at radius 2 is 1.89 bits per heavy atom. The van der Waals surface area contributed by atoms with Gasteiger partial charge in [-0.05, 0) is 48.1 Å². The van der Waals surface area contributed by atoms with Crippen LogP contribution in [0.25, 0.3) is 0 Å². The molecule has 2 unspecified atom stereocenters. The molecule has 0 fully saturated rings. The van der Waals surface area contributed by atoms with Crippen molar-refractivity contribution >= 4 is 23.1 Å². The number of hydrogen-bond donors (Lipinski definition) is 1. The molecule has 2 atom stereocenters. The van der Waals surface area contributed by atoms with Gasteiger partial charge in [-0.25, -0.2) is 4.79 Å². The van der Waals surface area contributed by atoms with E-state index in [9.17, 15) is 9.59 Å². The highest BCUT2D eigenvalue weighted by Crippen LogP contribution is 2.47. The minimum absolute atomic E-state index is 0.0469. The number of hydrogen-bond acceptors (Lipinski definition) is 7. The van der Waals surface area contributed by atoms with Crippen molar-refractivity contribution in [3.8, 4) is 11.5 Å². The number of rotatable bonds is 5. The maximum atomic E-state index is 13.7. The Kier molecular flexibility index (Phi) is 5.85. The summed E-state index contributed by atoms with van der Waals surface area (Å²) in [6.45, 7) is 2.19. The first-order valence-electron chi connectivity index (χ1n) is 12.0. The molecule has 0 spiro atoms. The number of Topliss-reactive ketones (excluding diaryl/α,β-unsaturated/α-hetero) is 1. The lowest BCUT2D eigenvalue weighted by molar-refractivity contribution is -0.140. The van der Waals surface area contributed by atoms with Crippen LogP contribution in [0.5, 0.6) is 11.5 Å². The molecule has 6 nitrogen and oxygen atoms in total. The van der Waals surface area contributed by atoms with E-state index in [2.05, 4.69) is 11.4 Å². The van der Waals surface area contributed by atoms with Gasteiger partial charge in [-0.15, -0.1) is 11.3 Å². The summed E-state index contributed by atoms with van der Waals surface area (Å²) >= 11 is 1.67. The van der Waals surface area contributed by atoms with Crippen LogP contribution < -0.4 is 14.8 Å². The summed E-state index contributed by atoms with van der Waals surface area (Å²) in [4.78, 5) is 28.4. The fraction of sp³-hybridized carbons (Fsp3) is 0.241. The largest absolute Gasteiger partial charge is 0.457 e. The number of dihydropyridines is 1. The zero-order valence-electron chi connectivity index (χ0n) is 19.8. The third-order valence-corrected chi connectivity index (χ3v) is 7.97. The Morgan fingerprint density at radius 3 is 2.69 bits per heavy atom. The summed E-state index contributed by atoms with van der Waals surface area (Å²) in [5.41, 5.74) is 4.38. The van der Waals surface area contributed by atoms with Crippen molar-refractivity contribution in [1.29, 1.82) is 0 Å². The zero-order valence-corrected chi connectivity index (χ0v) is 20.6. The molecule has 0 bridgehead atoms. The van der Waals surface area contributed by atoms with E-state index in [1.165, 1.54) is 4.88 Å². The van der Waals surface area contributed by atoms with Crippen LogP contribution in [-0.2, 0) is 20.9 Å². The summed E-state index contributed by atoms with van der Waals surface area (Å²) in [6.07, 6.45) is 1.12. The predicted molar refractivity (Wildman–Crippen MR) is 136 cm³/mol. The van der Waals surface area contributed by atoms with Crippen LogP contribution in [0.1, 0.15) is 47.6 Å². The minimum Gasteiger partial charge on any atom is -0.457 e. The molecule has 1 aromatic heterocycles. The second-order valence-electron chi connectivity index (χ2n) is 9.21. The Hall–Kier alpha value is -3.84. The van der Waals surface area contributed by atoms with Crippen LogP contribution in [0.3, 0.4) is 0 Å². The molecule has 6 rings (SSSR count). The van der Waals surface area contributed by atoms with Gasteiger partial charge in [-0.3, -0.25) is 4.79 Å². The van der Waals surface area contributed by atoms with Crippen LogP contribution in [0.4, 0.5) is 0 Å². The molecule has 3 aromatic rings. The number of carbonyl (C=O) groups is 2. The fourth-order valence-electron chi connectivity index (χ4n) is 5.26. The van der Waals surface area contributed by atoms with Gasteiger partial charge in [0.05, 0.1) is 5.57 Å². The minimum atomic E-state index is -0.546. The summed E-state index contributed by atoms with van der Waals surface area (Å²) in [5, 5.41) is 5.45. The lowest BCUT2D eigenvalue weighted by Crippen LogP contribution is -2.36. The van der Waals surface area contributed by atoms with Crippen molar-refractivity contribution in [3.63, 3.8) is 0 Å². The molecule has 0 saturated carbocycles. The van der Waals surface area contributed by atoms with E-state index in [1.54, 1.807) is 11.3 Å². The monoisotopic (exact) mass is 499 g/mol. The maximum absolute atomic E-state index is 13.7. The highest BCUT2D eigenvalue weighted by Gasteiger charge is 2.42. The first kappa shape index (κ1) is 22.6. The lowest BCUT2D eigenvalue weighted by Gasteiger charge is -2.36. The summed E-state index contributed by atoms with van der Waals surface area (Å²) in [7, 11) is 0. The van der Waals surface area contributed by atoms with Gasteiger partial charge in [0.15, 0.2) is 17.3 Å². The molecule has 182 valence electrons. The Bertz CT molecular complexity index is 1390. The van der Waals surface area contributed by atoms with Gasteiger partial charge in [-0.1, -0.05) is 42.5 Å². The van der Waals surface area contributed by atoms with E-state index in [-0.39, 0.29) is 25.1 Å². The summed E-state index contributed by atoms with van der Waals surface area (Å²) in [5.74, 6) is 0.458. The zero-order chi connectivity index (χ0) is 24.6. The van der Waals surface area contributed by atoms with E-state index >= 15 is 0 Å². The van der Waals surface area contributed by atoms with Crippen molar-refractivity contribution < 1.29 is 23.8 Å². The van der Waals surface area contributed by atoms with Gasteiger partial charge >= 0.3 is 5.97 Å². The van der Waals surface area contributed by atoms with Gasteiger partial charge in [0.2, 0.25) is 6.79 Å². The second-order valence-corrected chi connectivity index (χ2v) is 10.2. The van der Waals surface area contributed by atoms with Gasteiger partial charge in [0, 0.05) is 40.1 Å². The number of ether oxygens (including phenoxy) is 3. The van der Waals surface area contributed by atoms with Crippen LogP contribution in [-0.4, -0.2) is 18.5 Å². The SMILES string of the molecule is CC1=C(C(=O)OCc2ccccc2)C(c2ccc3c(c2)OCO3)C2=C(CC(c3cccs3)CC2=O)N1. The Labute approximate surface area is 213 Å². The molecule has 7 heteroatoms. The van der Waals surface area contributed by atoms with Crippen LogP contribution in [0.2, 0.25) is 0 Å². The number of nitrogens with one attached hydrogen (secondary N) is 1. The molecule has 36 heavy (non-hydrogen) atoms. The summed E-state index contributed by atoms with van der Waals surface area (Å²) in [6, 6.07) is 19.3. The molecule has 0 amide bonds. The highest BCUT2D eigenvalue weighted by atomic mass is 32.1. The average Bonchev–Trinajstić information content (AvgIpc) is 3.59. The topological polar surface area (TPSA) is 73.9 Å². The third kappa shape index (κ3) is 4.09. The van der Waals surface area contributed by atoms with Gasteiger partial charge in [0.25, 0.3) is 0 Å². The van der Waals surface area contributed by atoms with Crippen molar-refractivity contribution in [1.82, 2.24) is 5.32 Å². The molecular weight excluding hydrogens is 474 g/mol. The molecular formula is C29H25NO5S. The number of benzene rings is 2. The van der Waals surface area contributed by atoms with Crippen molar-refractivity contribution in [2.75, 3.05) is 6.79 Å². The third-order valence-electron chi connectivity index (χ3n) is 6.94. The number of thiophene rings is 1. The molecule has 2 aliphatic heterocycles. The van der Waals surface area contributed by atoms with Crippen molar-refractivity contribution in [2.45, 2.75) is 38.2 Å². The molecule has 1 N–H and O–H groups in total. The van der Waals surface area contributed by atoms with E-state index in [4.69, 9.17) is 14.2 Å². The summed E-state index contributed by atoms with van der Waals surface area (Å²) < 4.78 is 16.9. The number of esters is 1. The van der Waals surface area contributed by atoms with E-state index < -0.39 is 11.9 Å². The Morgan fingerprint density at radius 1 is 1.06 bits per heavy atom. The van der Waals surface area contributed by atoms with Gasteiger partial charge < -0.3 is 19.5 Å². The number of allylic oxidation sites excluding steroid dienone is 3. The molecule has 2 aromatic carbocycles. The van der Waals surface area contributed by atoms with Crippen LogP contribution in [0, 0.1) is 0 Å². The Balaban J connectivity index is 1.39. The second kappa shape index (κ2) is 9.32. The van der Waals surface area contributed by atoms with Crippen LogP contribution >= 0.6 is 11.3 Å². The molecule has 3 heterocycles. The van der Waals surface area contributed by atoms with E-state index in [0.717, 1.165) is 16.8 Å². The standard InChI is InChI=1S/C29H25NO5S/c1-17-26(29(32)33-15-18-6-3-2-4-7-18)27(19-9-10-23-24(14-19)35-16-34-23)28-21(30-17)12-20(13-22(28)31)25-8-5-11-36-25/h2-11,14,20,27,30H,12-13,15-16H2,1H3. The first-order chi connectivity index (χ1) is 17.6. The first-order valence-corrected chi connectivity index (χ1v) is 12.8. The van der Waals surface area contributed by atoms with Crippen LogP contribution in [0.15, 0.2) is 88.6 Å². The number of ketones is 1. The molecule has 1 aliphatic carbocycles. The molecule has 0 radical (unpaired) electrons. The number of carbonyl (C=O) groups excluding carboxylic acids is 2. The predicted octanol–water partition coefficient (Wildman–Crippen LogP) is 5.58. The fourth-order valence-corrected chi connectivity index (χ4v) is 6.09. The lowest BCUT2D eigenvalue weighted by atomic mass is 9.72. The van der Waals surface area contributed by atoms with Gasteiger partial charge in [-0.2, -0.15) is 0 Å². The highest BCUT2D eigenvalue weighted by molar-refractivity contribution is 7.10. The van der Waals surface area contributed by atoms with Crippen molar-refractivity contribution in [3.05, 3.63) is 105 Å². The number of fused-ring (bicyclic) bond motifs is 1. The van der Waals surface area contributed by atoms with E-state index in [0.29, 0.717) is 41.2 Å². The quantitative estimate of drug-likeness (QED) is 0.462. The van der Waals surface area contributed by atoms with Gasteiger partial charge in [0.1, 0.15) is 6.61 Å². The van der Waals surface area contributed by atoms with Crippen molar-refractivity contribution in [2.24, 2.45) is 0 Å². The smallest absolute Gasteiger partial charge is 0.337 e. The normalized spacial score (nSPS) is 20.8. The molecule has 0 saturated heterocycles. The average molecular weight is 500 g/mol.